The highest BCUT2D eigenvalue weighted by atomic mass is 32.2. The number of aliphatic hydroxyl groups is 2. The molecule has 0 bridgehead atoms. The lowest BCUT2D eigenvalue weighted by Crippen LogP contribution is -2.62. The van der Waals surface area contributed by atoms with Gasteiger partial charge in [0.15, 0.2) is 11.9 Å². The number of carbonyl (C=O) groups excluding carboxylic acids is 7. The van der Waals surface area contributed by atoms with Gasteiger partial charge in [0, 0.05) is 50.1 Å². The molecule has 1 saturated heterocycles. The van der Waals surface area contributed by atoms with Crippen LogP contribution in [0.15, 0.2) is 60.8 Å². The van der Waals surface area contributed by atoms with E-state index in [2.05, 4.69) is 58.2 Å². The molecular formula is C49H76N16O9S. The third-order valence-electron chi connectivity index (χ3n) is 12.4. The lowest BCUT2D eigenvalue weighted by atomic mass is 10.0. The van der Waals surface area contributed by atoms with E-state index < -0.39 is 103 Å². The second-order valence-corrected chi connectivity index (χ2v) is 19.4. The van der Waals surface area contributed by atoms with Crippen LogP contribution < -0.4 is 70.4 Å². The first-order valence-corrected chi connectivity index (χ1v) is 26.4. The minimum absolute atomic E-state index is 0.0126. The summed E-state index contributed by atoms with van der Waals surface area (Å²) in [6.45, 7) is 1.70. The van der Waals surface area contributed by atoms with E-state index in [0.717, 1.165) is 10.9 Å². The number of H-pyrrole nitrogens is 1. The Hall–Kier alpha value is -7.00. The summed E-state index contributed by atoms with van der Waals surface area (Å²) < 4.78 is 0. The second-order valence-electron chi connectivity index (χ2n) is 18.4. The number of benzene rings is 2. The number of nitrogens with one attached hydrogen (secondary N) is 13. The van der Waals surface area contributed by atoms with Gasteiger partial charge in [0.2, 0.25) is 41.4 Å². The van der Waals surface area contributed by atoms with Crippen LogP contribution in [0.4, 0.5) is 0 Å². The molecule has 0 spiro atoms. The largest absolute Gasteiger partial charge is 0.376 e. The van der Waals surface area contributed by atoms with Gasteiger partial charge < -0.3 is 74.9 Å². The summed E-state index contributed by atoms with van der Waals surface area (Å²) >= 11 is 1.42. The highest BCUT2D eigenvalue weighted by Gasteiger charge is 2.35. The van der Waals surface area contributed by atoms with Crippen molar-refractivity contribution in [3.8, 4) is 0 Å². The number of hydrogen-bond donors (Lipinski definition) is 18. The maximum absolute atomic E-state index is 14.7. The second kappa shape index (κ2) is 31.7. The molecular weight excluding hydrogens is 989 g/mol. The van der Waals surface area contributed by atoms with Crippen LogP contribution >= 0.6 is 11.8 Å². The predicted octanol–water partition coefficient (Wildman–Crippen LogP) is -2.59. The molecule has 412 valence electrons. The predicted molar refractivity (Wildman–Crippen MR) is 285 cm³/mol. The van der Waals surface area contributed by atoms with Crippen molar-refractivity contribution in [3.63, 3.8) is 0 Å². The standard InChI is InChI=1S/C49H76N16O9S/c1-28(66)59-34(17-10-21-56-48(51)52)42(69)65-39-26-40(67)55-20-9-8-16-33(41(50)68)60-46(73)38(25-30-27-58-32-15-7-6-14-31(30)32)64-43(70)35(18-11-22-57-49(53)54)61-45(72)37(24-29-12-4-3-5-13-29)63-44(71)36(19-23-75-2)62-47(39)74/h3-7,12-15,27,33-39,42,44,58,63,65,69,71H,8-11,16-26H2,1-2H3,(H2,50,68)(H,55,67)(H,59,66)(H,60,73)(H,61,72)(H,62,74)(H,64,70)(H4,51,52,56)(H4,53,54,57)/t33-,34-,35-,36-,37+,38-,39-,42?,44?/m0/s1. The highest BCUT2D eigenvalue weighted by Crippen LogP contribution is 2.20. The molecule has 0 aliphatic carbocycles. The van der Waals surface area contributed by atoms with E-state index in [1.165, 1.54) is 18.7 Å². The number of carbonyl (C=O) groups is 7. The van der Waals surface area contributed by atoms with E-state index >= 15 is 0 Å². The van der Waals surface area contributed by atoms with E-state index in [1.807, 2.05) is 30.5 Å². The van der Waals surface area contributed by atoms with Gasteiger partial charge in [-0.1, -0.05) is 48.5 Å². The zero-order valence-electron chi connectivity index (χ0n) is 42.5. The molecule has 1 aliphatic heterocycles. The lowest BCUT2D eigenvalue weighted by molar-refractivity contribution is -0.134. The Labute approximate surface area is 440 Å². The summed E-state index contributed by atoms with van der Waals surface area (Å²) in [6, 6.07) is 7.62. The third-order valence-corrected chi connectivity index (χ3v) is 13.1. The number of para-hydroxylation sites is 1. The van der Waals surface area contributed by atoms with Crippen molar-refractivity contribution in [2.75, 3.05) is 31.6 Å². The quantitative estimate of drug-likeness (QED) is 0.0239. The van der Waals surface area contributed by atoms with Gasteiger partial charge in [-0.05, 0) is 87.0 Å². The molecule has 2 aromatic carbocycles. The molecule has 0 saturated carbocycles. The number of primary amides is 1. The molecule has 7 amide bonds. The molecule has 2 heterocycles. The number of aromatic amines is 1. The highest BCUT2D eigenvalue weighted by molar-refractivity contribution is 7.98. The van der Waals surface area contributed by atoms with Crippen molar-refractivity contribution in [1.29, 1.82) is 10.8 Å². The average molecular weight is 1070 g/mol. The van der Waals surface area contributed by atoms with Crippen LogP contribution in [0.2, 0.25) is 0 Å². The van der Waals surface area contributed by atoms with E-state index in [-0.39, 0.29) is 82.9 Å². The number of aliphatic hydroxyl groups excluding tert-OH is 2. The van der Waals surface area contributed by atoms with Crippen molar-refractivity contribution >= 4 is 75.9 Å². The number of thioether (sulfide) groups is 1. The average Bonchev–Trinajstić information content (AvgIpc) is 3.77. The zero-order valence-corrected chi connectivity index (χ0v) is 43.3. The van der Waals surface area contributed by atoms with Crippen molar-refractivity contribution in [2.24, 2.45) is 17.2 Å². The molecule has 4 rings (SSSR count). The third kappa shape index (κ3) is 21.4. The van der Waals surface area contributed by atoms with Crippen LogP contribution in [-0.2, 0) is 46.4 Å². The van der Waals surface area contributed by atoms with Gasteiger partial charge in [0.05, 0.1) is 30.6 Å². The number of fused-ring (bicyclic) bond motifs is 1. The molecule has 3 aromatic rings. The van der Waals surface area contributed by atoms with Crippen molar-refractivity contribution in [3.05, 3.63) is 71.9 Å². The van der Waals surface area contributed by atoms with Crippen molar-refractivity contribution in [2.45, 2.75) is 132 Å². The molecule has 2 unspecified atom stereocenters. The summed E-state index contributed by atoms with van der Waals surface area (Å²) in [5, 5.41) is 67.0. The molecule has 9 atom stereocenters. The number of hydrogen-bond acceptors (Lipinski definition) is 14. The summed E-state index contributed by atoms with van der Waals surface area (Å²) in [4.78, 5) is 99.8. The first kappa shape index (κ1) is 60.6. The number of nitrogens with two attached hydrogens (primary N) is 3. The number of amides is 7. The van der Waals surface area contributed by atoms with Crippen LogP contribution in [0.25, 0.3) is 10.9 Å². The van der Waals surface area contributed by atoms with E-state index in [4.69, 9.17) is 28.0 Å². The molecule has 1 aliphatic rings. The lowest BCUT2D eigenvalue weighted by Gasteiger charge is -2.32. The van der Waals surface area contributed by atoms with Gasteiger partial charge in [-0.3, -0.25) is 55.0 Å². The van der Waals surface area contributed by atoms with Crippen LogP contribution in [-0.4, -0.2) is 155 Å². The van der Waals surface area contributed by atoms with Crippen molar-refractivity contribution in [1.82, 2.24) is 58.2 Å². The fourth-order valence-electron chi connectivity index (χ4n) is 8.49. The van der Waals surface area contributed by atoms with E-state index in [9.17, 15) is 43.8 Å². The Morgan fingerprint density at radius 2 is 1.45 bits per heavy atom. The number of rotatable bonds is 20. The minimum Gasteiger partial charge on any atom is -0.376 e. The SMILES string of the molecule is CSCC[C@@H]1NC(=O)[C@@H](NC(O)[C@H](CCCNC(=N)N)NC(C)=O)CC(=O)NCCCC[C@@H](C(N)=O)NC(=O)[C@H](Cc2c[nH]c3ccccc23)NC(=O)[C@H](CCCNC(=N)N)NC(=O)[C@@H](Cc2ccccc2)NC1O. The molecule has 1 fully saturated rings. The fraction of sp³-hybridized carbons (Fsp3) is 0.531. The van der Waals surface area contributed by atoms with Crippen molar-refractivity contribution < 1.29 is 43.8 Å². The Bertz CT molecular complexity index is 2380. The number of guanidine groups is 2. The van der Waals surface area contributed by atoms with Crippen LogP contribution in [0.3, 0.4) is 0 Å². The van der Waals surface area contributed by atoms with Gasteiger partial charge >= 0.3 is 0 Å². The Balaban J connectivity index is 1.76. The van der Waals surface area contributed by atoms with Crippen LogP contribution in [0.5, 0.6) is 0 Å². The summed E-state index contributed by atoms with van der Waals surface area (Å²) in [6.07, 6.45) is 1.21. The molecule has 26 heteroatoms. The Morgan fingerprint density at radius 1 is 0.800 bits per heavy atom. The first-order chi connectivity index (χ1) is 35.8. The molecule has 1 aromatic heterocycles. The van der Waals surface area contributed by atoms with Gasteiger partial charge in [0.25, 0.3) is 0 Å². The maximum Gasteiger partial charge on any atom is 0.243 e. The minimum atomic E-state index is -1.63. The Kier molecular flexibility index (Phi) is 25.6. The smallest absolute Gasteiger partial charge is 0.243 e. The summed E-state index contributed by atoms with van der Waals surface area (Å²) in [5.74, 6) is -5.14. The maximum atomic E-state index is 14.7. The molecule has 21 N–H and O–H groups in total. The summed E-state index contributed by atoms with van der Waals surface area (Å²) in [7, 11) is 0. The first-order valence-electron chi connectivity index (χ1n) is 25.0. The molecule has 0 radical (unpaired) electrons. The molecule has 75 heavy (non-hydrogen) atoms. The zero-order chi connectivity index (χ0) is 54.9. The van der Waals surface area contributed by atoms with Gasteiger partial charge in [-0.2, -0.15) is 11.8 Å². The summed E-state index contributed by atoms with van der Waals surface area (Å²) in [5.41, 5.74) is 18.9. The fourth-order valence-corrected chi connectivity index (χ4v) is 8.98. The normalized spacial score (nSPS) is 22.7. The van der Waals surface area contributed by atoms with Gasteiger partial charge in [-0.25, -0.2) is 0 Å². The van der Waals surface area contributed by atoms with Crippen LogP contribution in [0.1, 0.15) is 75.8 Å². The van der Waals surface area contributed by atoms with E-state index in [1.54, 1.807) is 36.5 Å². The number of aromatic nitrogens is 1. The van der Waals surface area contributed by atoms with E-state index in [0.29, 0.717) is 29.7 Å². The molecule has 25 nitrogen and oxygen atoms in total. The Morgan fingerprint density at radius 3 is 2.13 bits per heavy atom. The van der Waals surface area contributed by atoms with Crippen LogP contribution in [0, 0.1) is 10.8 Å². The monoisotopic (exact) mass is 1060 g/mol. The van der Waals surface area contributed by atoms with Gasteiger partial charge in [0.1, 0.15) is 30.6 Å². The van der Waals surface area contributed by atoms with Gasteiger partial charge in [-0.15, -0.1) is 0 Å². The topological polar surface area (TPSA) is 422 Å².